The molecule has 0 saturated heterocycles. The molecule has 150 valence electrons. The van der Waals surface area contributed by atoms with Gasteiger partial charge in [0.25, 0.3) is 5.91 Å². The summed E-state index contributed by atoms with van der Waals surface area (Å²) in [6.45, 7) is 8.91. The molecule has 1 aromatic heterocycles. The molecule has 0 atom stereocenters. The van der Waals surface area contributed by atoms with Crippen LogP contribution in [0.5, 0.6) is 0 Å². The molecule has 1 amide bonds. The number of nitrogens with zero attached hydrogens (tertiary/aromatic N) is 2. The molecule has 0 aliphatic heterocycles. The highest BCUT2D eigenvalue weighted by Gasteiger charge is 2.09. The smallest absolute Gasteiger partial charge is 0.251 e. The van der Waals surface area contributed by atoms with Gasteiger partial charge in [0.2, 0.25) is 5.95 Å². The van der Waals surface area contributed by atoms with Crippen LogP contribution in [0.1, 0.15) is 32.7 Å². The fourth-order valence-corrected chi connectivity index (χ4v) is 2.92. The van der Waals surface area contributed by atoms with Gasteiger partial charge >= 0.3 is 0 Å². The van der Waals surface area contributed by atoms with Crippen molar-refractivity contribution in [3.8, 4) is 0 Å². The van der Waals surface area contributed by atoms with Crippen molar-refractivity contribution in [2.45, 2.75) is 27.7 Å². The van der Waals surface area contributed by atoms with Crippen LogP contribution in [0.3, 0.4) is 0 Å². The van der Waals surface area contributed by atoms with E-state index in [9.17, 15) is 4.79 Å². The van der Waals surface area contributed by atoms with E-state index in [2.05, 4.69) is 32.8 Å². The zero-order chi connectivity index (χ0) is 20.8. The molecule has 6 heteroatoms. The molecule has 2 aromatic carbocycles. The van der Waals surface area contributed by atoms with Gasteiger partial charge in [-0.1, -0.05) is 35.4 Å². The van der Waals surface area contributed by atoms with Gasteiger partial charge in [0.05, 0.1) is 0 Å². The van der Waals surface area contributed by atoms with E-state index < -0.39 is 0 Å². The van der Waals surface area contributed by atoms with Crippen molar-refractivity contribution in [3.05, 3.63) is 76.5 Å². The fraction of sp³-hybridized carbons (Fsp3) is 0.261. The van der Waals surface area contributed by atoms with Gasteiger partial charge < -0.3 is 16.0 Å². The Morgan fingerprint density at radius 2 is 1.59 bits per heavy atom. The molecule has 3 aromatic rings. The quantitative estimate of drug-likeness (QED) is 0.525. The third-order valence-electron chi connectivity index (χ3n) is 4.51. The van der Waals surface area contributed by atoms with Gasteiger partial charge in [-0.3, -0.25) is 4.79 Å². The van der Waals surface area contributed by atoms with Crippen LogP contribution in [-0.2, 0) is 0 Å². The second-order valence-corrected chi connectivity index (χ2v) is 7.21. The maximum absolute atomic E-state index is 12.4. The number of hydrogen-bond acceptors (Lipinski definition) is 5. The molecule has 0 aliphatic rings. The molecule has 0 saturated carbocycles. The second-order valence-electron chi connectivity index (χ2n) is 7.21. The van der Waals surface area contributed by atoms with E-state index in [-0.39, 0.29) is 5.91 Å². The molecule has 0 fully saturated rings. The van der Waals surface area contributed by atoms with Crippen LogP contribution in [0, 0.1) is 27.7 Å². The predicted octanol–water partition coefficient (Wildman–Crippen LogP) is 4.30. The molecule has 29 heavy (non-hydrogen) atoms. The summed E-state index contributed by atoms with van der Waals surface area (Å²) in [6, 6.07) is 15.9. The summed E-state index contributed by atoms with van der Waals surface area (Å²) in [5.41, 5.74) is 5.79. The predicted molar refractivity (Wildman–Crippen MR) is 118 cm³/mol. The molecule has 3 rings (SSSR count). The van der Waals surface area contributed by atoms with Crippen molar-refractivity contribution in [3.63, 3.8) is 0 Å². The maximum Gasteiger partial charge on any atom is 0.251 e. The minimum Gasteiger partial charge on any atom is -0.352 e. The van der Waals surface area contributed by atoms with Crippen LogP contribution in [-0.4, -0.2) is 29.0 Å². The number of aromatic nitrogens is 2. The van der Waals surface area contributed by atoms with Gasteiger partial charge in [-0.15, -0.1) is 0 Å². The van der Waals surface area contributed by atoms with Gasteiger partial charge in [0.1, 0.15) is 5.82 Å². The largest absolute Gasteiger partial charge is 0.352 e. The number of anilines is 3. The zero-order valence-corrected chi connectivity index (χ0v) is 17.3. The first-order valence-corrected chi connectivity index (χ1v) is 9.69. The molecular formula is C23H27N5O. The number of amides is 1. The van der Waals surface area contributed by atoms with Crippen molar-refractivity contribution < 1.29 is 4.79 Å². The third-order valence-corrected chi connectivity index (χ3v) is 4.51. The monoisotopic (exact) mass is 389 g/mol. The Hall–Kier alpha value is -3.41. The van der Waals surface area contributed by atoms with E-state index >= 15 is 0 Å². The van der Waals surface area contributed by atoms with Crippen molar-refractivity contribution in [2.75, 3.05) is 23.7 Å². The maximum atomic E-state index is 12.4. The van der Waals surface area contributed by atoms with Crippen molar-refractivity contribution in [1.82, 2.24) is 15.3 Å². The number of carbonyl (C=O) groups is 1. The lowest BCUT2D eigenvalue weighted by molar-refractivity contribution is 0.0954. The standard InChI is InChI=1S/C23H27N5O/c1-15-6-9-19(10-7-15)27-21-14-18(4)26-23(28-21)25-12-11-24-22(29)20-13-16(2)5-8-17(20)3/h5-10,13-14H,11-12H2,1-4H3,(H,24,29)(H2,25,26,27,28). The topological polar surface area (TPSA) is 78.9 Å². The first-order chi connectivity index (χ1) is 13.9. The molecule has 6 nitrogen and oxygen atoms in total. The van der Waals surface area contributed by atoms with Gasteiger partial charge in [-0.25, -0.2) is 4.98 Å². The number of nitrogens with one attached hydrogen (secondary N) is 3. The zero-order valence-electron chi connectivity index (χ0n) is 17.3. The van der Waals surface area contributed by atoms with E-state index in [4.69, 9.17) is 0 Å². The van der Waals surface area contributed by atoms with Crippen LogP contribution in [0.2, 0.25) is 0 Å². The minimum absolute atomic E-state index is 0.0695. The second kappa shape index (κ2) is 9.19. The van der Waals surface area contributed by atoms with E-state index in [0.29, 0.717) is 24.6 Å². The Morgan fingerprint density at radius 1 is 0.862 bits per heavy atom. The van der Waals surface area contributed by atoms with E-state index in [1.807, 2.05) is 69.3 Å². The van der Waals surface area contributed by atoms with E-state index in [0.717, 1.165) is 28.3 Å². The molecule has 0 spiro atoms. The Labute approximate surface area is 171 Å². The number of aryl methyl sites for hydroxylation is 4. The summed E-state index contributed by atoms with van der Waals surface area (Å²) in [7, 11) is 0. The molecule has 0 aliphatic carbocycles. The van der Waals surface area contributed by atoms with Crippen LogP contribution >= 0.6 is 0 Å². The summed E-state index contributed by atoms with van der Waals surface area (Å²) in [5, 5.41) is 9.41. The Morgan fingerprint density at radius 3 is 2.34 bits per heavy atom. The summed E-state index contributed by atoms with van der Waals surface area (Å²) in [6.07, 6.45) is 0. The molecule has 0 bridgehead atoms. The number of benzene rings is 2. The van der Waals surface area contributed by atoms with Gasteiger partial charge in [-0.2, -0.15) is 4.98 Å². The summed E-state index contributed by atoms with van der Waals surface area (Å²) < 4.78 is 0. The van der Waals surface area contributed by atoms with Gasteiger partial charge in [0, 0.05) is 36.1 Å². The number of rotatable bonds is 7. The summed E-state index contributed by atoms with van der Waals surface area (Å²) >= 11 is 0. The third kappa shape index (κ3) is 5.78. The van der Waals surface area contributed by atoms with Crippen LogP contribution in [0.15, 0.2) is 48.5 Å². The van der Waals surface area contributed by atoms with Gasteiger partial charge in [-0.05, 0) is 51.5 Å². The SMILES string of the molecule is Cc1ccc(Nc2cc(C)nc(NCCNC(=O)c3cc(C)ccc3C)n2)cc1. The Kier molecular flexibility index (Phi) is 6.44. The van der Waals surface area contributed by atoms with Gasteiger partial charge in [0.15, 0.2) is 0 Å². The van der Waals surface area contributed by atoms with E-state index in [1.165, 1.54) is 5.56 Å². The summed E-state index contributed by atoms with van der Waals surface area (Å²) in [4.78, 5) is 21.3. The van der Waals surface area contributed by atoms with Crippen molar-refractivity contribution in [2.24, 2.45) is 0 Å². The summed E-state index contributed by atoms with van der Waals surface area (Å²) in [5.74, 6) is 1.18. The highest BCUT2D eigenvalue weighted by Crippen LogP contribution is 2.17. The molecular weight excluding hydrogens is 362 g/mol. The van der Waals surface area contributed by atoms with Crippen molar-refractivity contribution >= 4 is 23.4 Å². The molecule has 0 unspecified atom stereocenters. The lowest BCUT2D eigenvalue weighted by atomic mass is 10.1. The highest BCUT2D eigenvalue weighted by molar-refractivity contribution is 5.95. The number of carbonyl (C=O) groups excluding carboxylic acids is 1. The first kappa shape index (κ1) is 20.3. The lowest BCUT2D eigenvalue weighted by Gasteiger charge is -2.11. The average molecular weight is 390 g/mol. The average Bonchev–Trinajstić information content (AvgIpc) is 2.68. The van der Waals surface area contributed by atoms with Crippen LogP contribution < -0.4 is 16.0 Å². The van der Waals surface area contributed by atoms with Crippen LogP contribution in [0.4, 0.5) is 17.5 Å². The van der Waals surface area contributed by atoms with E-state index in [1.54, 1.807) is 0 Å². The molecule has 0 radical (unpaired) electrons. The molecule has 1 heterocycles. The number of hydrogen-bond donors (Lipinski definition) is 3. The molecule has 3 N–H and O–H groups in total. The Balaban J connectivity index is 1.55. The lowest BCUT2D eigenvalue weighted by Crippen LogP contribution is -2.29. The van der Waals surface area contributed by atoms with Crippen molar-refractivity contribution in [1.29, 1.82) is 0 Å². The highest BCUT2D eigenvalue weighted by atomic mass is 16.1. The fourth-order valence-electron chi connectivity index (χ4n) is 2.92. The van der Waals surface area contributed by atoms with Crippen LogP contribution in [0.25, 0.3) is 0 Å². The minimum atomic E-state index is -0.0695. The Bertz CT molecular complexity index is 999. The normalized spacial score (nSPS) is 10.5. The first-order valence-electron chi connectivity index (χ1n) is 9.69.